The van der Waals surface area contributed by atoms with Crippen LogP contribution in [0.15, 0.2) is 18.2 Å². The van der Waals surface area contributed by atoms with E-state index in [-0.39, 0.29) is 17.4 Å². The molecule has 1 amide bonds. The summed E-state index contributed by atoms with van der Waals surface area (Å²) < 4.78 is 0. The first-order valence-electron chi connectivity index (χ1n) is 4.17. The number of rotatable bonds is 3. The molecule has 6 nitrogen and oxygen atoms in total. The number of amides is 1. The van der Waals surface area contributed by atoms with E-state index in [0.29, 0.717) is 5.69 Å². The Morgan fingerprint density at radius 3 is 2.53 bits per heavy atom. The lowest BCUT2D eigenvalue weighted by Gasteiger charge is -2.20. The van der Waals surface area contributed by atoms with Crippen LogP contribution in [-0.2, 0) is 9.63 Å². The summed E-state index contributed by atoms with van der Waals surface area (Å²) in [4.78, 5) is 15.8. The van der Waals surface area contributed by atoms with E-state index in [0.717, 1.165) is 5.01 Å². The molecule has 0 spiro atoms. The number of nitrogens with zero attached hydrogens (tertiary/aromatic N) is 1. The maximum atomic E-state index is 11.2. The Hall–Kier alpha value is -1.79. The molecule has 1 aromatic carbocycles. The zero-order chi connectivity index (χ0) is 11.4. The monoisotopic (exact) mass is 212 g/mol. The van der Waals surface area contributed by atoms with Gasteiger partial charge >= 0.3 is 0 Å². The van der Waals surface area contributed by atoms with E-state index in [1.807, 2.05) is 0 Å². The summed E-state index contributed by atoms with van der Waals surface area (Å²) in [6.07, 6.45) is 0. The molecule has 0 aliphatic carbocycles. The van der Waals surface area contributed by atoms with Gasteiger partial charge in [-0.3, -0.25) is 9.63 Å². The fourth-order valence-electron chi connectivity index (χ4n) is 1.04. The summed E-state index contributed by atoms with van der Waals surface area (Å²) in [6, 6.07) is 3.98. The summed E-state index contributed by atoms with van der Waals surface area (Å²) in [5, 5.41) is 19.4. The van der Waals surface area contributed by atoms with Gasteiger partial charge in [-0.2, -0.15) is 0 Å². The quantitative estimate of drug-likeness (QED) is 0.502. The highest BCUT2D eigenvalue weighted by Gasteiger charge is 2.12. The number of phenols is 2. The van der Waals surface area contributed by atoms with Crippen molar-refractivity contribution in [2.24, 2.45) is 0 Å². The Bertz CT molecular complexity index is 367. The largest absolute Gasteiger partial charge is 0.504 e. The number of hydrogen-bond donors (Lipinski definition) is 3. The molecule has 1 rings (SSSR count). The van der Waals surface area contributed by atoms with Gasteiger partial charge in [-0.05, 0) is 12.1 Å². The van der Waals surface area contributed by atoms with Crippen LogP contribution in [0.2, 0.25) is 0 Å². The minimum absolute atomic E-state index is 0.250. The molecule has 82 valence electrons. The van der Waals surface area contributed by atoms with Gasteiger partial charge in [0, 0.05) is 13.0 Å². The standard InChI is InChI=1S/C9H12N2O4/c1-6(12)11(10-15-2)7-3-4-8(13)9(14)5-7/h3-5,10,13-14H,1-2H3. The molecule has 0 bridgehead atoms. The lowest BCUT2D eigenvalue weighted by molar-refractivity contribution is -0.119. The first-order chi connectivity index (χ1) is 7.06. The molecule has 0 aliphatic heterocycles. The predicted octanol–water partition coefficient (Wildman–Crippen LogP) is 0.517. The van der Waals surface area contributed by atoms with E-state index >= 15 is 0 Å². The fourth-order valence-corrected chi connectivity index (χ4v) is 1.04. The first kappa shape index (κ1) is 11.3. The first-order valence-corrected chi connectivity index (χ1v) is 4.17. The van der Waals surface area contributed by atoms with Crippen LogP contribution in [0.3, 0.4) is 0 Å². The second kappa shape index (κ2) is 4.63. The molecular weight excluding hydrogens is 200 g/mol. The molecule has 0 unspecified atom stereocenters. The highest BCUT2D eigenvalue weighted by Crippen LogP contribution is 2.28. The molecular formula is C9H12N2O4. The number of carbonyl (C=O) groups is 1. The Balaban J connectivity index is 3.01. The smallest absolute Gasteiger partial charge is 0.240 e. The molecule has 0 aliphatic rings. The summed E-state index contributed by atoms with van der Waals surface area (Å²) >= 11 is 0. The number of benzene rings is 1. The molecule has 1 aromatic rings. The topological polar surface area (TPSA) is 82.0 Å². The third kappa shape index (κ3) is 2.58. The molecule has 0 aromatic heterocycles. The van der Waals surface area contributed by atoms with Crippen LogP contribution in [0.5, 0.6) is 11.5 Å². The highest BCUT2D eigenvalue weighted by molar-refractivity contribution is 5.90. The maximum absolute atomic E-state index is 11.2. The van der Waals surface area contributed by atoms with Gasteiger partial charge < -0.3 is 10.2 Å². The van der Waals surface area contributed by atoms with Crippen molar-refractivity contribution in [1.29, 1.82) is 0 Å². The van der Waals surface area contributed by atoms with Crippen LogP contribution < -0.4 is 10.6 Å². The molecule has 0 saturated heterocycles. The lowest BCUT2D eigenvalue weighted by atomic mass is 10.2. The third-order valence-corrected chi connectivity index (χ3v) is 1.71. The summed E-state index contributed by atoms with van der Waals surface area (Å²) in [6.45, 7) is 1.33. The van der Waals surface area contributed by atoms with Gasteiger partial charge in [0.15, 0.2) is 11.5 Å². The molecule has 0 atom stereocenters. The van der Waals surface area contributed by atoms with Gasteiger partial charge in [-0.25, -0.2) is 5.01 Å². The van der Waals surface area contributed by atoms with Crippen molar-refractivity contribution >= 4 is 11.6 Å². The van der Waals surface area contributed by atoms with Crippen molar-refractivity contribution in [1.82, 2.24) is 5.59 Å². The van der Waals surface area contributed by atoms with Crippen LogP contribution in [0.1, 0.15) is 6.92 Å². The summed E-state index contributed by atoms with van der Waals surface area (Å²) in [5.41, 5.74) is 2.70. The van der Waals surface area contributed by atoms with E-state index in [9.17, 15) is 9.90 Å². The predicted molar refractivity (Wildman–Crippen MR) is 53.1 cm³/mol. The average molecular weight is 212 g/mol. The fraction of sp³-hybridized carbons (Fsp3) is 0.222. The SMILES string of the molecule is CONN(C(C)=O)c1ccc(O)c(O)c1. The van der Waals surface area contributed by atoms with E-state index in [2.05, 4.69) is 10.4 Å². The Kier molecular flexibility index (Phi) is 3.48. The molecule has 0 heterocycles. The number of hydrazine groups is 1. The van der Waals surface area contributed by atoms with Crippen molar-refractivity contribution in [2.75, 3.05) is 12.1 Å². The van der Waals surface area contributed by atoms with Gasteiger partial charge in [-0.1, -0.05) is 0 Å². The number of hydrogen-bond acceptors (Lipinski definition) is 5. The Labute approximate surface area is 86.6 Å². The number of nitrogens with one attached hydrogen (secondary N) is 1. The van der Waals surface area contributed by atoms with Crippen LogP contribution in [-0.4, -0.2) is 23.2 Å². The highest BCUT2D eigenvalue weighted by atomic mass is 16.7. The van der Waals surface area contributed by atoms with Gasteiger partial charge in [0.25, 0.3) is 0 Å². The van der Waals surface area contributed by atoms with Gasteiger partial charge in [-0.15, -0.1) is 5.59 Å². The van der Waals surface area contributed by atoms with Crippen molar-refractivity contribution in [3.05, 3.63) is 18.2 Å². The van der Waals surface area contributed by atoms with E-state index in [1.165, 1.54) is 32.2 Å². The van der Waals surface area contributed by atoms with Crippen LogP contribution in [0.4, 0.5) is 5.69 Å². The third-order valence-electron chi connectivity index (χ3n) is 1.71. The van der Waals surface area contributed by atoms with Crippen molar-refractivity contribution < 1.29 is 19.8 Å². The molecule has 0 fully saturated rings. The minimum Gasteiger partial charge on any atom is -0.504 e. The summed E-state index contributed by atoms with van der Waals surface area (Å²) in [5.74, 6) is -0.877. The molecule has 3 N–H and O–H groups in total. The van der Waals surface area contributed by atoms with Gasteiger partial charge in [0.1, 0.15) is 0 Å². The van der Waals surface area contributed by atoms with E-state index in [1.54, 1.807) is 0 Å². The van der Waals surface area contributed by atoms with Crippen LogP contribution >= 0.6 is 0 Å². The zero-order valence-electron chi connectivity index (χ0n) is 8.39. The zero-order valence-corrected chi connectivity index (χ0v) is 8.39. The van der Waals surface area contributed by atoms with Crippen LogP contribution in [0, 0.1) is 0 Å². The number of phenolic OH excluding ortho intramolecular Hbond substituents is 2. The van der Waals surface area contributed by atoms with Gasteiger partial charge in [0.05, 0.1) is 12.8 Å². The molecule has 0 saturated carbocycles. The van der Waals surface area contributed by atoms with Gasteiger partial charge in [0.2, 0.25) is 5.91 Å². The molecule has 6 heteroatoms. The number of anilines is 1. The van der Waals surface area contributed by atoms with Crippen molar-refractivity contribution in [3.63, 3.8) is 0 Å². The van der Waals surface area contributed by atoms with E-state index in [4.69, 9.17) is 5.11 Å². The average Bonchev–Trinajstić information content (AvgIpc) is 2.18. The Morgan fingerprint density at radius 2 is 2.07 bits per heavy atom. The molecule has 15 heavy (non-hydrogen) atoms. The molecule has 0 radical (unpaired) electrons. The number of carbonyl (C=O) groups excluding carboxylic acids is 1. The minimum atomic E-state index is -0.318. The second-order valence-corrected chi connectivity index (χ2v) is 2.82. The van der Waals surface area contributed by atoms with Crippen molar-refractivity contribution in [2.45, 2.75) is 6.92 Å². The lowest BCUT2D eigenvalue weighted by Crippen LogP contribution is -2.40. The van der Waals surface area contributed by atoms with E-state index < -0.39 is 0 Å². The van der Waals surface area contributed by atoms with Crippen molar-refractivity contribution in [3.8, 4) is 11.5 Å². The van der Waals surface area contributed by atoms with Crippen LogP contribution in [0.25, 0.3) is 0 Å². The summed E-state index contributed by atoms with van der Waals surface area (Å²) in [7, 11) is 1.36. The maximum Gasteiger partial charge on any atom is 0.240 e. The number of aromatic hydroxyl groups is 2. The normalized spacial score (nSPS) is 10.0. The second-order valence-electron chi connectivity index (χ2n) is 2.82. The Morgan fingerprint density at radius 1 is 1.40 bits per heavy atom.